The molecule has 1 N–H and O–H groups in total. The first-order valence-corrected chi connectivity index (χ1v) is 4.76. The fraction of sp³-hybridized carbons (Fsp3) is 1.00. The SMILES string of the molecule is CCC(C)N(CC)C1CNC1. The van der Waals surface area contributed by atoms with Crippen LogP contribution in [0, 0.1) is 0 Å². The Balaban J connectivity index is 2.34. The van der Waals surface area contributed by atoms with Gasteiger partial charge in [-0.25, -0.2) is 0 Å². The van der Waals surface area contributed by atoms with E-state index in [1.54, 1.807) is 0 Å². The Morgan fingerprint density at radius 3 is 2.36 bits per heavy atom. The van der Waals surface area contributed by atoms with Crippen molar-refractivity contribution in [2.75, 3.05) is 19.6 Å². The fourth-order valence-corrected chi connectivity index (χ4v) is 1.67. The Kier molecular flexibility index (Phi) is 3.34. The zero-order valence-corrected chi connectivity index (χ0v) is 7.93. The maximum absolute atomic E-state index is 3.31. The summed E-state index contributed by atoms with van der Waals surface area (Å²) in [6.45, 7) is 10.4. The molecule has 0 radical (unpaired) electrons. The lowest BCUT2D eigenvalue weighted by Crippen LogP contribution is -2.59. The molecule has 0 saturated carbocycles. The Labute approximate surface area is 70.0 Å². The lowest BCUT2D eigenvalue weighted by atomic mass is 10.1. The summed E-state index contributed by atoms with van der Waals surface area (Å²) in [5, 5.41) is 3.31. The standard InChI is InChI=1S/C9H20N2/c1-4-8(3)11(5-2)9-6-10-7-9/h8-10H,4-7H2,1-3H3. The molecule has 2 nitrogen and oxygen atoms in total. The molecule has 66 valence electrons. The predicted octanol–water partition coefficient (Wildman–Crippen LogP) is 1.08. The van der Waals surface area contributed by atoms with Gasteiger partial charge in [0.25, 0.3) is 0 Å². The van der Waals surface area contributed by atoms with Crippen LogP contribution in [0.3, 0.4) is 0 Å². The van der Waals surface area contributed by atoms with E-state index < -0.39 is 0 Å². The molecule has 0 spiro atoms. The van der Waals surface area contributed by atoms with Gasteiger partial charge in [0, 0.05) is 25.2 Å². The van der Waals surface area contributed by atoms with E-state index in [1.165, 1.54) is 26.1 Å². The Morgan fingerprint density at radius 1 is 1.45 bits per heavy atom. The van der Waals surface area contributed by atoms with Gasteiger partial charge < -0.3 is 5.32 Å². The predicted molar refractivity (Wildman–Crippen MR) is 48.8 cm³/mol. The highest BCUT2D eigenvalue weighted by Gasteiger charge is 2.25. The second-order valence-corrected chi connectivity index (χ2v) is 3.40. The van der Waals surface area contributed by atoms with Crippen molar-refractivity contribution in [1.29, 1.82) is 0 Å². The molecule has 0 aromatic heterocycles. The summed E-state index contributed by atoms with van der Waals surface area (Å²) in [6.07, 6.45) is 1.27. The van der Waals surface area contributed by atoms with Crippen molar-refractivity contribution in [3.63, 3.8) is 0 Å². The third-order valence-corrected chi connectivity index (χ3v) is 2.75. The van der Waals surface area contributed by atoms with E-state index in [9.17, 15) is 0 Å². The summed E-state index contributed by atoms with van der Waals surface area (Å²) in [5.74, 6) is 0. The molecule has 1 rings (SSSR count). The molecule has 0 aromatic carbocycles. The van der Waals surface area contributed by atoms with E-state index in [0.29, 0.717) is 0 Å². The molecule has 0 amide bonds. The molecular formula is C9H20N2. The average molecular weight is 156 g/mol. The van der Waals surface area contributed by atoms with Gasteiger partial charge >= 0.3 is 0 Å². The summed E-state index contributed by atoms with van der Waals surface area (Å²) >= 11 is 0. The smallest absolute Gasteiger partial charge is 0.0348 e. The van der Waals surface area contributed by atoms with Crippen LogP contribution in [0.25, 0.3) is 0 Å². The van der Waals surface area contributed by atoms with Crippen LogP contribution in [-0.2, 0) is 0 Å². The molecule has 1 fully saturated rings. The zero-order chi connectivity index (χ0) is 8.27. The van der Waals surface area contributed by atoms with Gasteiger partial charge in [0.1, 0.15) is 0 Å². The third kappa shape index (κ3) is 1.94. The Hall–Kier alpha value is -0.0800. The molecule has 1 unspecified atom stereocenters. The van der Waals surface area contributed by atoms with Crippen molar-refractivity contribution in [2.24, 2.45) is 0 Å². The largest absolute Gasteiger partial charge is 0.314 e. The van der Waals surface area contributed by atoms with Crippen LogP contribution in [-0.4, -0.2) is 36.6 Å². The molecule has 1 aliphatic rings. The van der Waals surface area contributed by atoms with Gasteiger partial charge in [-0.15, -0.1) is 0 Å². The summed E-state index contributed by atoms with van der Waals surface area (Å²) in [6, 6.07) is 1.57. The van der Waals surface area contributed by atoms with Gasteiger partial charge in [-0.1, -0.05) is 13.8 Å². The summed E-state index contributed by atoms with van der Waals surface area (Å²) < 4.78 is 0. The highest BCUT2D eigenvalue weighted by molar-refractivity contribution is 4.86. The molecule has 0 bridgehead atoms. The number of nitrogens with zero attached hydrogens (tertiary/aromatic N) is 1. The van der Waals surface area contributed by atoms with Crippen LogP contribution in [0.4, 0.5) is 0 Å². The number of rotatable bonds is 4. The van der Waals surface area contributed by atoms with Crippen LogP contribution in [0.15, 0.2) is 0 Å². The first-order chi connectivity index (χ1) is 5.29. The van der Waals surface area contributed by atoms with Crippen LogP contribution in [0.2, 0.25) is 0 Å². The number of nitrogens with one attached hydrogen (secondary N) is 1. The second-order valence-electron chi connectivity index (χ2n) is 3.40. The van der Waals surface area contributed by atoms with E-state index in [-0.39, 0.29) is 0 Å². The number of hydrogen-bond donors (Lipinski definition) is 1. The second kappa shape index (κ2) is 4.07. The van der Waals surface area contributed by atoms with Crippen molar-refractivity contribution in [2.45, 2.75) is 39.3 Å². The summed E-state index contributed by atoms with van der Waals surface area (Å²) in [7, 11) is 0. The minimum absolute atomic E-state index is 0.757. The van der Waals surface area contributed by atoms with Gasteiger partial charge in [0.15, 0.2) is 0 Å². The van der Waals surface area contributed by atoms with Gasteiger partial charge in [-0.05, 0) is 19.9 Å². The fourth-order valence-electron chi connectivity index (χ4n) is 1.67. The normalized spacial score (nSPS) is 21.8. The molecule has 1 heterocycles. The van der Waals surface area contributed by atoms with Gasteiger partial charge in [0.2, 0.25) is 0 Å². The highest BCUT2D eigenvalue weighted by atomic mass is 15.2. The summed E-state index contributed by atoms with van der Waals surface area (Å²) in [5.41, 5.74) is 0. The topological polar surface area (TPSA) is 15.3 Å². The quantitative estimate of drug-likeness (QED) is 0.655. The maximum Gasteiger partial charge on any atom is 0.0348 e. The monoisotopic (exact) mass is 156 g/mol. The van der Waals surface area contributed by atoms with E-state index in [4.69, 9.17) is 0 Å². The molecule has 11 heavy (non-hydrogen) atoms. The lowest BCUT2D eigenvalue weighted by Gasteiger charge is -2.41. The van der Waals surface area contributed by atoms with Crippen molar-refractivity contribution in [1.82, 2.24) is 10.2 Å². The van der Waals surface area contributed by atoms with Gasteiger partial charge in [0.05, 0.1) is 0 Å². The Morgan fingerprint density at radius 2 is 2.09 bits per heavy atom. The number of hydrogen-bond acceptors (Lipinski definition) is 2. The molecule has 1 aliphatic heterocycles. The molecule has 0 aromatic rings. The highest BCUT2D eigenvalue weighted by Crippen LogP contribution is 2.11. The molecule has 1 saturated heterocycles. The van der Waals surface area contributed by atoms with Crippen LogP contribution < -0.4 is 5.32 Å². The third-order valence-electron chi connectivity index (χ3n) is 2.75. The van der Waals surface area contributed by atoms with E-state index in [0.717, 1.165) is 12.1 Å². The van der Waals surface area contributed by atoms with Crippen molar-refractivity contribution >= 4 is 0 Å². The number of likely N-dealkylation sites (N-methyl/N-ethyl adjacent to an activating group) is 1. The van der Waals surface area contributed by atoms with Crippen molar-refractivity contribution < 1.29 is 0 Å². The average Bonchev–Trinajstić information content (AvgIpc) is 1.94. The van der Waals surface area contributed by atoms with Gasteiger partial charge in [-0.3, -0.25) is 4.90 Å². The van der Waals surface area contributed by atoms with Crippen LogP contribution >= 0.6 is 0 Å². The molecular weight excluding hydrogens is 136 g/mol. The first-order valence-electron chi connectivity index (χ1n) is 4.76. The van der Waals surface area contributed by atoms with E-state index in [1.807, 2.05) is 0 Å². The maximum atomic E-state index is 3.31. The van der Waals surface area contributed by atoms with E-state index >= 15 is 0 Å². The van der Waals surface area contributed by atoms with Crippen LogP contribution in [0.1, 0.15) is 27.2 Å². The van der Waals surface area contributed by atoms with Crippen molar-refractivity contribution in [3.05, 3.63) is 0 Å². The minimum atomic E-state index is 0.757. The minimum Gasteiger partial charge on any atom is -0.314 e. The van der Waals surface area contributed by atoms with Gasteiger partial charge in [-0.2, -0.15) is 0 Å². The molecule has 0 aliphatic carbocycles. The lowest BCUT2D eigenvalue weighted by molar-refractivity contribution is 0.107. The summed E-state index contributed by atoms with van der Waals surface area (Å²) in [4.78, 5) is 2.59. The van der Waals surface area contributed by atoms with Crippen LogP contribution in [0.5, 0.6) is 0 Å². The zero-order valence-electron chi connectivity index (χ0n) is 7.93. The molecule has 1 atom stereocenters. The van der Waals surface area contributed by atoms with E-state index in [2.05, 4.69) is 31.0 Å². The van der Waals surface area contributed by atoms with Crippen molar-refractivity contribution in [3.8, 4) is 0 Å². The Bertz CT molecular complexity index is 105. The molecule has 2 heteroatoms. The first kappa shape index (κ1) is 9.01.